The standard InChI is InChI=1S/C41H60O4/c1-27(2)10-9-11-28(3)31-18-20-39(7)34-16-15-33-37(4,5)35(19-21-40(33)26-41(34,40)23-22-38(31,39)6)45-36(43)17-13-29-12-14-32(44-8)30(24-29)25-42/h12-15,17,24,27-28,31,34-35,42H,9-11,16,18-23,25-26H2,1-8H3/b17-13+. The number of hydrogen-bond donors (Lipinski definition) is 1. The smallest absolute Gasteiger partial charge is 0.331 e. The van der Waals surface area contributed by atoms with Gasteiger partial charge in [0.05, 0.1) is 13.7 Å². The lowest BCUT2D eigenvalue weighted by Gasteiger charge is -2.61. The zero-order valence-corrected chi connectivity index (χ0v) is 29.5. The molecule has 8 unspecified atom stereocenters. The van der Waals surface area contributed by atoms with Crippen LogP contribution < -0.4 is 4.74 Å². The van der Waals surface area contributed by atoms with Gasteiger partial charge >= 0.3 is 5.97 Å². The molecule has 248 valence electrons. The van der Waals surface area contributed by atoms with Crippen molar-refractivity contribution in [1.29, 1.82) is 0 Å². The van der Waals surface area contributed by atoms with Crippen molar-refractivity contribution in [3.8, 4) is 5.75 Å². The largest absolute Gasteiger partial charge is 0.496 e. The minimum atomic E-state index is -0.286. The summed E-state index contributed by atoms with van der Waals surface area (Å²) in [5, 5.41) is 9.66. The first-order valence-electron chi connectivity index (χ1n) is 18.2. The Labute approximate surface area is 273 Å². The lowest BCUT2D eigenvalue weighted by molar-refractivity contribution is -0.152. The van der Waals surface area contributed by atoms with E-state index in [2.05, 4.69) is 54.5 Å². The number of benzene rings is 1. The molecule has 45 heavy (non-hydrogen) atoms. The molecule has 1 N–H and O–H groups in total. The van der Waals surface area contributed by atoms with Crippen molar-refractivity contribution in [3.63, 3.8) is 0 Å². The fraction of sp³-hybridized carbons (Fsp3) is 0.732. The van der Waals surface area contributed by atoms with E-state index in [4.69, 9.17) is 9.47 Å². The molecule has 0 amide bonds. The second-order valence-corrected chi connectivity index (χ2v) is 17.4. The van der Waals surface area contributed by atoms with Crippen molar-refractivity contribution in [2.24, 2.45) is 50.7 Å². The maximum absolute atomic E-state index is 13.1. The van der Waals surface area contributed by atoms with Crippen molar-refractivity contribution < 1.29 is 19.4 Å². The highest BCUT2D eigenvalue weighted by Crippen LogP contribution is 2.88. The SMILES string of the molecule is COc1ccc(/C=C/C(=O)OC2CCC34CC35CCC3(C)C(C(C)CCCC(C)C)CCC3(C)C5CC=C4C2(C)C)cc1CO. The molecule has 8 atom stereocenters. The molecule has 0 heterocycles. The summed E-state index contributed by atoms with van der Waals surface area (Å²) in [4.78, 5) is 13.1. The van der Waals surface area contributed by atoms with Gasteiger partial charge in [-0.15, -0.1) is 0 Å². The van der Waals surface area contributed by atoms with Crippen molar-refractivity contribution >= 4 is 12.0 Å². The average Bonchev–Trinajstić information content (AvgIpc) is 3.58. The van der Waals surface area contributed by atoms with Gasteiger partial charge in [0.2, 0.25) is 0 Å². The quantitative estimate of drug-likeness (QED) is 0.161. The van der Waals surface area contributed by atoms with Gasteiger partial charge in [0.25, 0.3) is 0 Å². The maximum atomic E-state index is 13.1. The fourth-order valence-corrected chi connectivity index (χ4v) is 12.2. The Bertz CT molecular complexity index is 1350. The summed E-state index contributed by atoms with van der Waals surface area (Å²) in [5.74, 6) is 3.64. The van der Waals surface area contributed by atoms with E-state index in [1.54, 1.807) is 18.8 Å². The predicted molar refractivity (Wildman–Crippen MR) is 183 cm³/mol. The van der Waals surface area contributed by atoms with Crippen molar-refractivity contribution in [2.45, 2.75) is 132 Å². The highest BCUT2D eigenvalue weighted by atomic mass is 16.5. The minimum Gasteiger partial charge on any atom is -0.496 e. The average molecular weight is 617 g/mol. The van der Waals surface area contributed by atoms with Gasteiger partial charge in [-0.3, -0.25) is 0 Å². The van der Waals surface area contributed by atoms with Gasteiger partial charge in [0.1, 0.15) is 11.9 Å². The molecule has 5 aliphatic rings. The van der Waals surface area contributed by atoms with Crippen molar-refractivity contribution in [1.82, 2.24) is 0 Å². The zero-order chi connectivity index (χ0) is 32.4. The first-order valence-corrected chi connectivity index (χ1v) is 18.2. The Kier molecular flexibility index (Phi) is 8.44. The summed E-state index contributed by atoms with van der Waals surface area (Å²) >= 11 is 0. The van der Waals surface area contributed by atoms with Crippen LogP contribution in [0.2, 0.25) is 0 Å². The molecule has 0 bridgehead atoms. The third-order valence-electron chi connectivity index (χ3n) is 14.7. The lowest BCUT2D eigenvalue weighted by Crippen LogP contribution is -2.55. The maximum Gasteiger partial charge on any atom is 0.331 e. The van der Waals surface area contributed by atoms with E-state index < -0.39 is 0 Å². The second kappa shape index (κ2) is 11.6. The van der Waals surface area contributed by atoms with Crippen molar-refractivity contribution in [3.05, 3.63) is 47.1 Å². The summed E-state index contributed by atoms with van der Waals surface area (Å²) in [6, 6.07) is 5.56. The molecule has 6 rings (SSSR count). The van der Waals surface area contributed by atoms with Crippen LogP contribution in [0.25, 0.3) is 6.08 Å². The Hall–Kier alpha value is -2.07. The molecule has 0 saturated heterocycles. The third-order valence-corrected chi connectivity index (χ3v) is 14.7. The van der Waals surface area contributed by atoms with Gasteiger partial charge in [-0.1, -0.05) is 85.4 Å². The van der Waals surface area contributed by atoms with E-state index in [9.17, 15) is 9.90 Å². The van der Waals surface area contributed by atoms with Crippen molar-refractivity contribution in [2.75, 3.05) is 7.11 Å². The Morgan fingerprint density at radius 2 is 1.80 bits per heavy atom. The fourth-order valence-electron chi connectivity index (χ4n) is 12.2. The monoisotopic (exact) mass is 616 g/mol. The van der Waals surface area contributed by atoms with Gasteiger partial charge in [-0.05, 0) is 120 Å². The zero-order valence-electron chi connectivity index (χ0n) is 29.5. The molecule has 5 aliphatic carbocycles. The second-order valence-electron chi connectivity index (χ2n) is 17.4. The van der Waals surface area contributed by atoms with E-state index in [1.807, 2.05) is 18.2 Å². The molecule has 4 nitrogen and oxygen atoms in total. The molecular formula is C41H60O4. The van der Waals surface area contributed by atoms with Gasteiger partial charge in [0.15, 0.2) is 0 Å². The van der Waals surface area contributed by atoms with E-state index in [0.717, 1.165) is 42.1 Å². The van der Waals surface area contributed by atoms with Crippen LogP contribution in [0, 0.1) is 50.7 Å². The molecule has 4 heteroatoms. The molecule has 4 saturated carbocycles. The lowest BCUT2D eigenvalue weighted by atomic mass is 9.43. The van der Waals surface area contributed by atoms with E-state index >= 15 is 0 Å². The normalized spacial score (nSPS) is 38.5. The Morgan fingerprint density at radius 3 is 2.51 bits per heavy atom. The summed E-state index contributed by atoms with van der Waals surface area (Å²) in [7, 11) is 1.59. The number of ether oxygens (including phenoxy) is 2. The molecule has 1 aromatic carbocycles. The number of aliphatic hydroxyl groups excluding tert-OH is 1. The van der Waals surface area contributed by atoms with Gasteiger partial charge in [-0.2, -0.15) is 0 Å². The molecule has 4 fully saturated rings. The molecular weight excluding hydrogens is 556 g/mol. The Balaban J connectivity index is 1.17. The number of methoxy groups -OCH3 is 1. The molecule has 0 aliphatic heterocycles. The predicted octanol–water partition coefficient (Wildman–Crippen LogP) is 9.93. The van der Waals surface area contributed by atoms with E-state index in [0.29, 0.717) is 33.0 Å². The number of allylic oxidation sites excluding steroid dienone is 1. The molecule has 0 aromatic heterocycles. The summed E-state index contributed by atoms with van der Waals surface area (Å²) in [5.41, 5.74) is 4.62. The van der Waals surface area contributed by atoms with Crippen LogP contribution in [0.3, 0.4) is 0 Å². The van der Waals surface area contributed by atoms with Crippen LogP contribution in [0.5, 0.6) is 5.75 Å². The number of fused-ring (bicyclic) bond motifs is 2. The highest BCUT2D eigenvalue weighted by molar-refractivity contribution is 5.87. The van der Waals surface area contributed by atoms with Crippen LogP contribution >= 0.6 is 0 Å². The number of hydrogen-bond acceptors (Lipinski definition) is 4. The first kappa shape index (κ1) is 32.9. The summed E-state index contributed by atoms with van der Waals surface area (Å²) in [6.07, 6.45) is 20.2. The topological polar surface area (TPSA) is 55.8 Å². The number of carbonyl (C=O) groups is 1. The molecule has 0 radical (unpaired) electrons. The van der Waals surface area contributed by atoms with Crippen LogP contribution in [0.1, 0.15) is 130 Å². The number of carbonyl (C=O) groups excluding carboxylic acids is 1. The van der Waals surface area contributed by atoms with Crippen LogP contribution in [-0.2, 0) is 16.1 Å². The van der Waals surface area contributed by atoms with Crippen LogP contribution in [0.4, 0.5) is 0 Å². The minimum absolute atomic E-state index is 0.110. The number of aliphatic hydroxyl groups is 1. The van der Waals surface area contributed by atoms with E-state index in [1.165, 1.54) is 63.9 Å². The van der Waals surface area contributed by atoms with Crippen LogP contribution in [-0.4, -0.2) is 24.3 Å². The first-order chi connectivity index (χ1) is 21.3. The van der Waals surface area contributed by atoms with Crippen LogP contribution in [0.15, 0.2) is 35.9 Å². The summed E-state index contributed by atoms with van der Waals surface area (Å²) < 4.78 is 11.5. The van der Waals surface area contributed by atoms with Gasteiger partial charge in [0, 0.05) is 17.1 Å². The molecule has 2 spiro atoms. The van der Waals surface area contributed by atoms with E-state index in [-0.39, 0.29) is 24.1 Å². The number of esters is 1. The molecule has 1 aromatic rings. The van der Waals surface area contributed by atoms with Gasteiger partial charge in [-0.25, -0.2) is 4.79 Å². The number of rotatable bonds is 10. The summed E-state index contributed by atoms with van der Waals surface area (Å²) in [6.45, 7) is 17.3. The Morgan fingerprint density at radius 1 is 1.02 bits per heavy atom. The highest BCUT2D eigenvalue weighted by Gasteiger charge is 2.80. The third kappa shape index (κ3) is 4.97. The van der Waals surface area contributed by atoms with Gasteiger partial charge < -0.3 is 14.6 Å².